The second-order valence-electron chi connectivity index (χ2n) is 33.3. The highest BCUT2D eigenvalue weighted by atomic mass is 17.3. The molecule has 522 valence electrons. The van der Waals surface area contributed by atoms with E-state index in [0.717, 1.165) is 103 Å². The molecular weight excluding hydrogens is 1190 g/mol. The third-order valence-corrected chi connectivity index (χ3v) is 27.9. The van der Waals surface area contributed by atoms with Gasteiger partial charge in [0.05, 0.1) is 26.4 Å². The Kier molecular flexibility index (Phi) is 17.5. The molecule has 0 amide bonds. The van der Waals surface area contributed by atoms with Crippen LogP contribution in [0, 0.1) is 94.7 Å². The van der Waals surface area contributed by atoms with Crippen molar-refractivity contribution in [2.75, 3.05) is 65.7 Å². The van der Waals surface area contributed by atoms with Crippen molar-refractivity contribution in [2.45, 2.75) is 282 Å². The standard InChI is InChI=1S/C70H112N2O20/c1-39-13-17-51-43(5)55(77-59-67(51)47(39)21-25-63(9,81-59)85-89-67)73-35-31-71(32-36-74-56-44(6)52-18-14-40(2)48-22-26-64(10)82-60(78-56)68(48,52)90-86-64)29-30-72(33-37-75-57-45(7)53-19-15-41(3)49-23-27-65(11)83-61(79-57)69(49,53)91-87-65)34-38-76-58-46(8)54-20-16-42(4)50-24-28-66(12)84-62(80-58)70(50,54)92-88-66/h39-62H,13-38H2,1-12H3/t39-,40-,41-,42-,43-,44-,45-,46-,47+,48+,49+,50+,51+,52+,53+,54+,55?,56?,57?,58?,59-,60-,61-,62-,63-,64-,65-,66-,67-,68-,69-,70-/m1/s1. The van der Waals surface area contributed by atoms with Gasteiger partial charge in [-0.25, -0.2) is 39.1 Å². The van der Waals surface area contributed by atoms with Crippen molar-refractivity contribution in [1.29, 1.82) is 0 Å². The number of ether oxygens (including phenoxy) is 12. The minimum atomic E-state index is -0.873. The fourth-order valence-corrected chi connectivity index (χ4v) is 22.4. The van der Waals surface area contributed by atoms with Crippen molar-refractivity contribution in [3.63, 3.8) is 0 Å². The molecule has 16 saturated heterocycles. The smallest absolute Gasteiger partial charge is 0.201 e. The number of nitrogens with zero attached hydrogens (tertiary/aromatic N) is 2. The van der Waals surface area contributed by atoms with E-state index in [-0.39, 0.29) is 71.0 Å². The molecule has 0 aromatic heterocycles. The fraction of sp³-hybridized carbons (Fsp3) is 1.00. The van der Waals surface area contributed by atoms with E-state index in [1.807, 2.05) is 27.7 Å². The lowest BCUT2D eigenvalue weighted by Crippen LogP contribution is -2.70. The van der Waals surface area contributed by atoms with Crippen molar-refractivity contribution < 1.29 is 95.9 Å². The quantitative estimate of drug-likeness (QED) is 0.111. The number of hydrogen-bond donors (Lipinski definition) is 0. The molecule has 8 bridgehead atoms. The van der Waals surface area contributed by atoms with Gasteiger partial charge >= 0.3 is 0 Å². The fourth-order valence-electron chi connectivity index (χ4n) is 22.4. The van der Waals surface area contributed by atoms with E-state index in [0.29, 0.717) is 89.4 Å². The summed E-state index contributed by atoms with van der Waals surface area (Å²) in [7, 11) is 0. The summed E-state index contributed by atoms with van der Waals surface area (Å²) in [5.74, 6) is 0.279. The molecule has 32 atom stereocenters. The van der Waals surface area contributed by atoms with Crippen molar-refractivity contribution in [1.82, 2.24) is 9.80 Å². The maximum Gasteiger partial charge on any atom is 0.201 e. The normalized spacial score (nSPS) is 56.0. The highest BCUT2D eigenvalue weighted by molar-refractivity contribution is 5.13. The van der Waals surface area contributed by atoms with Gasteiger partial charge in [-0.1, -0.05) is 55.4 Å². The van der Waals surface area contributed by atoms with Gasteiger partial charge in [0.15, 0.2) is 72.7 Å². The molecule has 20 rings (SSSR count). The van der Waals surface area contributed by atoms with E-state index in [2.05, 4.69) is 65.2 Å². The molecular formula is C70H112N2O20. The maximum absolute atomic E-state index is 6.96. The Morgan fingerprint density at radius 3 is 0.739 bits per heavy atom. The summed E-state index contributed by atoms with van der Waals surface area (Å²) < 4.78 is 82.7. The molecule has 16 aliphatic heterocycles. The van der Waals surface area contributed by atoms with E-state index in [9.17, 15) is 0 Å². The zero-order valence-corrected chi connectivity index (χ0v) is 57.3. The SMILES string of the molecule is C[C@@H]1CC[C@H]2[C@@H](C)C(OCCN(CCOC3O[C@@H]4O[C@@]5(C)CC[C@H]6[C@H](C)CC[C@@H]([C@H]3C)[C@@]46OO5)CCN(CCOC3O[C@@H]4O[C@@]5(C)CC[C@H]6[C@H](C)CC[C@@H]([C@H]3C)[C@@]46OO5)CCOC3O[C@@H]4O[C@@]5(C)CC[C@H]6[C@H](C)CC[C@@H]([C@H]3C)[C@@]46OO5)O[C@@H]3O[C@@]4(C)CC[C@@H]1[C@]32OO4. The molecule has 0 N–H and O–H groups in total. The van der Waals surface area contributed by atoms with E-state index < -0.39 is 95.9 Å². The van der Waals surface area contributed by atoms with Gasteiger partial charge in [0, 0.05) is 112 Å². The van der Waals surface area contributed by atoms with Gasteiger partial charge in [0.2, 0.25) is 23.1 Å². The Morgan fingerprint density at radius 1 is 0.283 bits per heavy atom. The van der Waals surface area contributed by atoms with Crippen LogP contribution in [-0.2, 0) is 95.9 Å². The van der Waals surface area contributed by atoms with Crippen LogP contribution in [0.2, 0.25) is 0 Å². The van der Waals surface area contributed by atoms with Crippen LogP contribution in [0.25, 0.3) is 0 Å². The highest BCUT2D eigenvalue weighted by Crippen LogP contribution is 2.66. The maximum atomic E-state index is 6.96. The van der Waals surface area contributed by atoms with Gasteiger partial charge in [-0.3, -0.25) is 9.80 Å². The van der Waals surface area contributed by atoms with Gasteiger partial charge in [0.1, 0.15) is 0 Å². The molecule has 20 aliphatic rings. The predicted molar refractivity (Wildman–Crippen MR) is 324 cm³/mol. The Balaban J connectivity index is 0.634. The summed E-state index contributed by atoms with van der Waals surface area (Å²) in [6, 6.07) is 0. The van der Waals surface area contributed by atoms with E-state index in [4.69, 9.17) is 95.9 Å². The van der Waals surface area contributed by atoms with Crippen LogP contribution in [0.4, 0.5) is 0 Å². The second-order valence-corrected chi connectivity index (χ2v) is 33.3. The summed E-state index contributed by atoms with van der Waals surface area (Å²) >= 11 is 0. The van der Waals surface area contributed by atoms with E-state index >= 15 is 0 Å². The third-order valence-electron chi connectivity index (χ3n) is 27.9. The van der Waals surface area contributed by atoms with Gasteiger partial charge in [-0.15, -0.1) is 0 Å². The van der Waals surface area contributed by atoms with Crippen LogP contribution >= 0.6 is 0 Å². The van der Waals surface area contributed by atoms with Crippen molar-refractivity contribution in [3.05, 3.63) is 0 Å². The van der Waals surface area contributed by atoms with E-state index in [1.165, 1.54) is 0 Å². The van der Waals surface area contributed by atoms with Crippen LogP contribution in [0.1, 0.15) is 186 Å². The molecule has 0 aromatic rings. The molecule has 22 nitrogen and oxygen atoms in total. The van der Waals surface area contributed by atoms with Gasteiger partial charge in [0.25, 0.3) is 0 Å². The van der Waals surface area contributed by atoms with Crippen LogP contribution < -0.4 is 0 Å². The number of fused-ring (bicyclic) bond motifs is 8. The molecule has 4 saturated carbocycles. The Hall–Kier alpha value is -0.880. The van der Waals surface area contributed by atoms with Crippen LogP contribution in [0.5, 0.6) is 0 Å². The molecule has 92 heavy (non-hydrogen) atoms. The Labute approximate surface area is 545 Å². The summed E-state index contributed by atoms with van der Waals surface area (Å²) in [5.41, 5.74) is -2.68. The topological polar surface area (TPSA) is 191 Å². The lowest BCUT2D eigenvalue weighted by atomic mass is 9.58. The average Bonchev–Trinajstić information content (AvgIpc) is 1.34. The Morgan fingerprint density at radius 2 is 0.511 bits per heavy atom. The third kappa shape index (κ3) is 10.5. The zero-order valence-electron chi connectivity index (χ0n) is 57.3. The first kappa shape index (κ1) is 65.7. The number of rotatable bonds is 19. The molecule has 20 fully saturated rings. The average molecular weight is 1300 g/mol. The van der Waals surface area contributed by atoms with Crippen molar-refractivity contribution in [2.24, 2.45) is 94.7 Å². The molecule has 0 aromatic carbocycles. The predicted octanol–water partition coefficient (Wildman–Crippen LogP) is 10.5. The molecule has 0 radical (unpaired) electrons. The first-order valence-corrected chi connectivity index (χ1v) is 36.8. The molecule has 22 heteroatoms. The summed E-state index contributed by atoms with van der Waals surface area (Å²) in [6.07, 6.45) is 11.1. The molecule has 4 aliphatic carbocycles. The molecule has 4 unspecified atom stereocenters. The van der Waals surface area contributed by atoms with E-state index in [1.54, 1.807) is 0 Å². The van der Waals surface area contributed by atoms with Crippen LogP contribution in [0.15, 0.2) is 0 Å². The van der Waals surface area contributed by atoms with Crippen molar-refractivity contribution >= 4 is 0 Å². The zero-order chi connectivity index (χ0) is 63.5. The minimum Gasteiger partial charge on any atom is -0.351 e. The Bertz CT molecular complexity index is 2300. The summed E-state index contributed by atoms with van der Waals surface area (Å²) in [6.45, 7) is 32.0. The second kappa shape index (κ2) is 24.4. The lowest BCUT2D eigenvalue weighted by Gasteiger charge is -2.60. The van der Waals surface area contributed by atoms with Crippen molar-refractivity contribution in [3.8, 4) is 0 Å². The monoisotopic (exact) mass is 1300 g/mol. The molecule has 16 heterocycles. The van der Waals surface area contributed by atoms with Crippen LogP contribution in [-0.4, -0.2) is 171 Å². The first-order chi connectivity index (χ1) is 44.1. The minimum absolute atomic E-state index is 0.0484. The first-order valence-electron chi connectivity index (χ1n) is 36.8. The van der Waals surface area contributed by atoms with Crippen LogP contribution in [0.3, 0.4) is 0 Å². The summed E-state index contributed by atoms with van der Waals surface area (Å²) in [4.78, 5) is 55.6. The lowest BCUT2D eigenvalue weighted by molar-refractivity contribution is -0.577. The largest absolute Gasteiger partial charge is 0.351 e. The van der Waals surface area contributed by atoms with Gasteiger partial charge in [-0.2, -0.15) is 0 Å². The molecule has 4 spiro atoms. The van der Waals surface area contributed by atoms with Gasteiger partial charge in [-0.05, 0) is 152 Å². The van der Waals surface area contributed by atoms with Gasteiger partial charge < -0.3 is 56.8 Å². The highest BCUT2D eigenvalue weighted by Gasteiger charge is 2.74. The summed E-state index contributed by atoms with van der Waals surface area (Å²) in [5, 5.41) is 0. The number of hydrogen-bond acceptors (Lipinski definition) is 22.